The third kappa shape index (κ3) is 2.97. The molecular weight excluding hydrogens is 222 g/mol. The third-order valence-corrected chi connectivity index (χ3v) is 3.12. The van der Waals surface area contributed by atoms with Crippen molar-refractivity contribution in [2.75, 3.05) is 7.11 Å². The van der Waals surface area contributed by atoms with Gasteiger partial charge in [0.15, 0.2) is 0 Å². The van der Waals surface area contributed by atoms with Crippen molar-refractivity contribution in [3.8, 4) is 0 Å². The van der Waals surface area contributed by atoms with Gasteiger partial charge in [-0.05, 0) is 18.1 Å². The van der Waals surface area contributed by atoms with E-state index in [2.05, 4.69) is 60.9 Å². The predicted octanol–water partition coefficient (Wildman–Crippen LogP) is 3.36. The van der Waals surface area contributed by atoms with E-state index in [9.17, 15) is 0 Å². The van der Waals surface area contributed by atoms with Crippen LogP contribution in [0.1, 0.15) is 24.0 Å². The van der Waals surface area contributed by atoms with Crippen molar-refractivity contribution in [2.24, 2.45) is 0 Å². The summed E-state index contributed by atoms with van der Waals surface area (Å²) < 4.78 is 0. The van der Waals surface area contributed by atoms with Gasteiger partial charge in [0.25, 0.3) is 0 Å². The molecule has 2 nitrogen and oxygen atoms in total. The highest BCUT2D eigenvalue weighted by Gasteiger charge is 2.20. The molecule has 0 aliphatic rings. The van der Waals surface area contributed by atoms with Crippen LogP contribution in [0.3, 0.4) is 0 Å². The zero-order chi connectivity index (χ0) is 12.8. The molecule has 0 radical (unpaired) electrons. The van der Waals surface area contributed by atoms with Gasteiger partial charge in [0, 0.05) is 12.0 Å². The van der Waals surface area contributed by atoms with E-state index in [1.807, 2.05) is 12.1 Å². The van der Waals surface area contributed by atoms with Gasteiger partial charge in [0.05, 0.1) is 7.11 Å². The highest BCUT2D eigenvalue weighted by molar-refractivity contribution is 5.33. The summed E-state index contributed by atoms with van der Waals surface area (Å²) in [6, 6.07) is 21.2. The molecule has 1 unspecified atom stereocenters. The van der Waals surface area contributed by atoms with E-state index in [1.54, 1.807) is 7.11 Å². The molecule has 1 atom stereocenters. The van der Waals surface area contributed by atoms with E-state index >= 15 is 0 Å². The second-order valence-electron chi connectivity index (χ2n) is 4.41. The van der Waals surface area contributed by atoms with Gasteiger partial charge < -0.3 is 4.84 Å². The first-order valence-electron chi connectivity index (χ1n) is 6.21. The Kier molecular flexibility index (Phi) is 4.51. The normalized spacial score (nSPS) is 12.6. The Morgan fingerprint density at radius 2 is 1.28 bits per heavy atom. The van der Waals surface area contributed by atoms with Crippen molar-refractivity contribution in [1.82, 2.24) is 5.48 Å². The van der Waals surface area contributed by atoms with Gasteiger partial charge in [-0.25, -0.2) is 0 Å². The molecule has 0 spiro atoms. The van der Waals surface area contributed by atoms with Gasteiger partial charge in [-0.15, -0.1) is 0 Å². The maximum absolute atomic E-state index is 5.08. The second kappa shape index (κ2) is 6.34. The van der Waals surface area contributed by atoms with Gasteiger partial charge >= 0.3 is 0 Å². The van der Waals surface area contributed by atoms with Crippen molar-refractivity contribution in [3.05, 3.63) is 71.8 Å². The molecule has 1 N–H and O–H groups in total. The van der Waals surface area contributed by atoms with E-state index in [1.165, 1.54) is 11.1 Å². The monoisotopic (exact) mass is 241 g/mol. The molecule has 0 saturated carbocycles. The highest BCUT2D eigenvalue weighted by atomic mass is 16.6. The minimum Gasteiger partial charge on any atom is -0.305 e. The van der Waals surface area contributed by atoms with E-state index in [0.717, 1.165) is 0 Å². The van der Waals surface area contributed by atoms with Gasteiger partial charge in [-0.3, -0.25) is 0 Å². The summed E-state index contributed by atoms with van der Waals surface area (Å²) in [5.41, 5.74) is 5.63. The number of hydrogen-bond donors (Lipinski definition) is 1. The summed E-state index contributed by atoms with van der Waals surface area (Å²) in [6.07, 6.45) is 0. The van der Waals surface area contributed by atoms with E-state index in [4.69, 9.17) is 4.84 Å². The number of hydroxylamine groups is 1. The topological polar surface area (TPSA) is 21.3 Å². The summed E-state index contributed by atoms with van der Waals surface area (Å²) in [5, 5.41) is 0. The average Bonchev–Trinajstić information content (AvgIpc) is 2.42. The highest BCUT2D eigenvalue weighted by Crippen LogP contribution is 2.27. The molecule has 18 heavy (non-hydrogen) atoms. The summed E-state index contributed by atoms with van der Waals surface area (Å²) in [5.74, 6) is 0.285. The van der Waals surface area contributed by atoms with Gasteiger partial charge in [-0.2, -0.15) is 5.48 Å². The molecule has 94 valence electrons. The SMILES string of the molecule is CONC(C)C(c1ccccc1)c1ccccc1. The van der Waals surface area contributed by atoms with Gasteiger partial charge in [0.2, 0.25) is 0 Å². The fourth-order valence-corrected chi connectivity index (χ4v) is 2.34. The zero-order valence-electron chi connectivity index (χ0n) is 10.8. The fraction of sp³-hybridized carbons (Fsp3) is 0.250. The summed E-state index contributed by atoms with van der Waals surface area (Å²) in [6.45, 7) is 2.13. The Labute approximate surface area is 109 Å². The molecule has 0 saturated heterocycles. The lowest BCUT2D eigenvalue weighted by molar-refractivity contribution is 0.0613. The molecule has 2 aromatic rings. The largest absolute Gasteiger partial charge is 0.305 e. The molecular formula is C16H19NO. The Bertz CT molecular complexity index is 416. The van der Waals surface area contributed by atoms with Crippen LogP contribution in [0.15, 0.2) is 60.7 Å². The first-order chi connectivity index (χ1) is 8.83. The maximum Gasteiger partial charge on any atom is 0.0572 e. The molecule has 0 aliphatic heterocycles. The molecule has 0 bridgehead atoms. The van der Waals surface area contributed by atoms with Crippen molar-refractivity contribution in [3.63, 3.8) is 0 Å². The third-order valence-electron chi connectivity index (χ3n) is 3.12. The van der Waals surface area contributed by atoms with Crippen molar-refractivity contribution in [2.45, 2.75) is 18.9 Å². The first-order valence-corrected chi connectivity index (χ1v) is 6.21. The van der Waals surface area contributed by atoms with Crippen LogP contribution >= 0.6 is 0 Å². The van der Waals surface area contributed by atoms with Crippen molar-refractivity contribution < 1.29 is 4.84 Å². The molecule has 2 rings (SSSR count). The lowest BCUT2D eigenvalue weighted by Gasteiger charge is -2.25. The maximum atomic E-state index is 5.08. The average molecular weight is 241 g/mol. The van der Waals surface area contributed by atoms with E-state index in [0.29, 0.717) is 0 Å². The molecule has 2 aromatic carbocycles. The Morgan fingerprint density at radius 1 is 0.833 bits per heavy atom. The molecule has 0 heterocycles. The van der Waals surface area contributed by atoms with Gasteiger partial charge in [0.1, 0.15) is 0 Å². The molecule has 0 fully saturated rings. The van der Waals surface area contributed by atoms with Crippen LogP contribution in [0.5, 0.6) is 0 Å². The van der Waals surface area contributed by atoms with Gasteiger partial charge in [-0.1, -0.05) is 60.7 Å². The number of benzene rings is 2. The number of rotatable bonds is 5. The van der Waals surface area contributed by atoms with Crippen LogP contribution in [0.25, 0.3) is 0 Å². The Balaban J connectivity index is 2.35. The second-order valence-corrected chi connectivity index (χ2v) is 4.41. The van der Waals surface area contributed by atoms with Crippen LogP contribution in [-0.2, 0) is 4.84 Å². The standard InChI is InChI=1S/C16H19NO/c1-13(17-18-2)16(14-9-5-3-6-10-14)15-11-7-4-8-12-15/h3-13,16-17H,1-2H3. The summed E-state index contributed by atoms with van der Waals surface area (Å²) in [7, 11) is 1.66. The van der Waals surface area contributed by atoms with Crippen molar-refractivity contribution >= 4 is 0 Å². The number of nitrogens with one attached hydrogen (secondary N) is 1. The van der Waals surface area contributed by atoms with Crippen LogP contribution < -0.4 is 5.48 Å². The zero-order valence-corrected chi connectivity index (χ0v) is 10.8. The lowest BCUT2D eigenvalue weighted by Crippen LogP contribution is -2.32. The quantitative estimate of drug-likeness (QED) is 0.810. The molecule has 0 aliphatic carbocycles. The first kappa shape index (κ1) is 12.8. The number of hydrogen-bond acceptors (Lipinski definition) is 2. The molecule has 0 aromatic heterocycles. The molecule has 2 heteroatoms. The smallest absolute Gasteiger partial charge is 0.0572 e. The van der Waals surface area contributed by atoms with Crippen molar-refractivity contribution in [1.29, 1.82) is 0 Å². The Hall–Kier alpha value is -1.64. The summed E-state index contributed by atoms with van der Waals surface area (Å²) >= 11 is 0. The minimum atomic E-state index is 0.208. The van der Waals surface area contributed by atoms with Crippen LogP contribution in [0.2, 0.25) is 0 Å². The van der Waals surface area contributed by atoms with E-state index in [-0.39, 0.29) is 12.0 Å². The van der Waals surface area contributed by atoms with Crippen LogP contribution in [0, 0.1) is 0 Å². The predicted molar refractivity (Wildman–Crippen MR) is 74.3 cm³/mol. The molecule has 0 amide bonds. The van der Waals surface area contributed by atoms with Crippen LogP contribution in [-0.4, -0.2) is 13.2 Å². The Morgan fingerprint density at radius 3 is 1.67 bits per heavy atom. The fourth-order valence-electron chi connectivity index (χ4n) is 2.34. The minimum absolute atomic E-state index is 0.208. The lowest BCUT2D eigenvalue weighted by atomic mass is 9.86. The van der Waals surface area contributed by atoms with E-state index < -0.39 is 0 Å². The van der Waals surface area contributed by atoms with Crippen LogP contribution in [0.4, 0.5) is 0 Å². The summed E-state index contributed by atoms with van der Waals surface area (Å²) in [4.78, 5) is 5.08.